The first kappa shape index (κ1) is 16.6. The maximum Gasteiger partial charge on any atom is 0.128 e. The normalized spacial score (nSPS) is 18.2. The molecule has 0 saturated heterocycles. The molecule has 2 N–H and O–H groups in total. The summed E-state index contributed by atoms with van der Waals surface area (Å²) in [6, 6.07) is 5.69. The molecule has 1 aliphatic heterocycles. The molecular weight excluding hydrogens is 357 g/mol. The van der Waals surface area contributed by atoms with Crippen LogP contribution in [0.15, 0.2) is 35.6 Å². The first-order chi connectivity index (χ1) is 12.2. The van der Waals surface area contributed by atoms with Gasteiger partial charge in [-0.1, -0.05) is 48.5 Å². The Morgan fingerprint density at radius 2 is 1.84 bits per heavy atom. The molecular formula is C18H19Cl2N5. The predicted molar refractivity (Wildman–Crippen MR) is 102 cm³/mol. The molecule has 2 aliphatic rings. The minimum Gasteiger partial charge on any atom is -0.370 e. The van der Waals surface area contributed by atoms with E-state index in [9.17, 15) is 0 Å². The predicted octanol–water partition coefficient (Wildman–Crippen LogP) is 4.73. The van der Waals surface area contributed by atoms with Crippen LogP contribution in [0.2, 0.25) is 10.0 Å². The van der Waals surface area contributed by atoms with Gasteiger partial charge in [-0.05, 0) is 30.5 Å². The lowest BCUT2D eigenvalue weighted by Gasteiger charge is -2.42. The third-order valence-electron chi connectivity index (χ3n) is 4.92. The molecule has 0 unspecified atom stereocenters. The van der Waals surface area contributed by atoms with Gasteiger partial charge in [0.15, 0.2) is 0 Å². The fraction of sp³-hybridized carbons (Fsp3) is 0.389. The van der Waals surface area contributed by atoms with Crippen molar-refractivity contribution in [3.05, 3.63) is 46.2 Å². The van der Waals surface area contributed by atoms with E-state index in [1.807, 2.05) is 18.2 Å². The van der Waals surface area contributed by atoms with Gasteiger partial charge in [0.25, 0.3) is 0 Å². The molecule has 25 heavy (non-hydrogen) atoms. The number of anilines is 1. The number of amidine groups is 1. The number of aliphatic imine (C=N–C) groups is 1. The highest BCUT2D eigenvalue weighted by Crippen LogP contribution is 2.39. The van der Waals surface area contributed by atoms with Crippen LogP contribution in [0.3, 0.4) is 0 Å². The molecule has 5 nitrogen and oxygen atoms in total. The maximum atomic E-state index is 6.13. The number of hydrogen-bond acceptors (Lipinski definition) is 5. The molecule has 1 fully saturated rings. The Bertz CT molecular complexity index is 815. The van der Waals surface area contributed by atoms with Crippen LogP contribution in [0.1, 0.15) is 37.7 Å². The summed E-state index contributed by atoms with van der Waals surface area (Å²) in [6.45, 7) is 0.646. The van der Waals surface area contributed by atoms with Gasteiger partial charge in [0.05, 0.1) is 33.7 Å². The van der Waals surface area contributed by atoms with Crippen molar-refractivity contribution in [3.8, 4) is 0 Å². The zero-order valence-electron chi connectivity index (χ0n) is 13.7. The Labute approximate surface area is 156 Å². The van der Waals surface area contributed by atoms with Crippen molar-refractivity contribution in [1.29, 1.82) is 0 Å². The number of halogens is 2. The smallest absolute Gasteiger partial charge is 0.128 e. The number of nitrogens with zero attached hydrogens (tertiary/aromatic N) is 3. The molecule has 0 atom stereocenters. The fourth-order valence-electron chi connectivity index (χ4n) is 3.61. The molecule has 1 spiro atoms. The van der Waals surface area contributed by atoms with Crippen molar-refractivity contribution in [2.24, 2.45) is 4.99 Å². The summed E-state index contributed by atoms with van der Waals surface area (Å²) in [5, 5.41) is 16.3. The van der Waals surface area contributed by atoms with Crippen LogP contribution in [0.5, 0.6) is 0 Å². The first-order valence-corrected chi connectivity index (χ1v) is 9.28. The van der Waals surface area contributed by atoms with E-state index in [4.69, 9.17) is 28.2 Å². The van der Waals surface area contributed by atoms with Gasteiger partial charge in [0.1, 0.15) is 11.5 Å². The van der Waals surface area contributed by atoms with Gasteiger partial charge in [-0.15, -0.1) is 0 Å². The highest BCUT2D eigenvalue weighted by Gasteiger charge is 2.40. The monoisotopic (exact) mass is 375 g/mol. The van der Waals surface area contributed by atoms with Gasteiger partial charge in [-0.2, -0.15) is 10.2 Å². The van der Waals surface area contributed by atoms with Crippen LogP contribution in [0.4, 0.5) is 11.4 Å². The van der Waals surface area contributed by atoms with E-state index in [0.29, 0.717) is 16.6 Å². The molecule has 7 heteroatoms. The van der Waals surface area contributed by atoms with E-state index in [-0.39, 0.29) is 5.54 Å². The Morgan fingerprint density at radius 1 is 1.04 bits per heavy atom. The van der Waals surface area contributed by atoms with Gasteiger partial charge in [-0.3, -0.25) is 0 Å². The molecule has 1 aliphatic carbocycles. The summed E-state index contributed by atoms with van der Waals surface area (Å²) in [7, 11) is 0. The third-order valence-corrected chi connectivity index (χ3v) is 5.66. The lowest BCUT2D eigenvalue weighted by atomic mass is 9.79. The van der Waals surface area contributed by atoms with Crippen LogP contribution in [0, 0.1) is 0 Å². The average Bonchev–Trinajstić information content (AvgIpc) is 2.63. The van der Waals surface area contributed by atoms with E-state index in [1.165, 1.54) is 19.3 Å². The van der Waals surface area contributed by atoms with Crippen molar-refractivity contribution in [2.45, 2.75) is 44.2 Å². The Morgan fingerprint density at radius 3 is 2.64 bits per heavy atom. The van der Waals surface area contributed by atoms with E-state index >= 15 is 0 Å². The number of benzene rings is 1. The molecule has 4 rings (SSSR count). The standard InChI is InChI=1S/C18H19Cl2N5/c19-13-5-4-12(8-14(13)20)9-21-17-18(6-2-1-3-7-18)25-16-11-23-22-10-15(16)24-17/h4-5,8,10-11,25H,1-3,6-7,9H2,(H,21,24). The van der Waals surface area contributed by atoms with Crippen molar-refractivity contribution in [2.75, 3.05) is 5.32 Å². The highest BCUT2D eigenvalue weighted by molar-refractivity contribution is 6.42. The molecule has 1 saturated carbocycles. The lowest BCUT2D eigenvalue weighted by Crippen LogP contribution is -2.54. The SMILES string of the molecule is Clc1ccc(CNC2=Nc3cnncc3NC23CCCCC3)cc1Cl. The summed E-state index contributed by atoms with van der Waals surface area (Å²) >= 11 is 12.1. The summed E-state index contributed by atoms with van der Waals surface area (Å²) in [5.74, 6) is 0.971. The molecule has 0 bridgehead atoms. The lowest BCUT2D eigenvalue weighted by molar-refractivity contribution is 0.396. The zero-order valence-corrected chi connectivity index (χ0v) is 15.2. The van der Waals surface area contributed by atoms with Crippen LogP contribution in [-0.2, 0) is 6.54 Å². The van der Waals surface area contributed by atoms with E-state index < -0.39 is 0 Å². The topological polar surface area (TPSA) is 62.2 Å². The van der Waals surface area contributed by atoms with Crippen LogP contribution in [-0.4, -0.2) is 21.6 Å². The molecule has 1 aromatic carbocycles. The molecule has 2 heterocycles. The minimum absolute atomic E-state index is 0.148. The molecule has 1 aromatic heterocycles. The van der Waals surface area contributed by atoms with Gasteiger partial charge < -0.3 is 10.6 Å². The first-order valence-electron chi connectivity index (χ1n) is 8.52. The molecule has 130 valence electrons. The largest absolute Gasteiger partial charge is 0.370 e. The van der Waals surface area contributed by atoms with Gasteiger partial charge >= 0.3 is 0 Å². The fourth-order valence-corrected chi connectivity index (χ4v) is 3.93. The Kier molecular flexibility index (Phi) is 4.52. The number of fused-ring (bicyclic) bond motifs is 1. The van der Waals surface area contributed by atoms with Crippen molar-refractivity contribution < 1.29 is 0 Å². The van der Waals surface area contributed by atoms with Crippen LogP contribution >= 0.6 is 23.2 Å². The van der Waals surface area contributed by atoms with E-state index in [0.717, 1.165) is 35.6 Å². The van der Waals surface area contributed by atoms with Crippen LogP contribution < -0.4 is 10.6 Å². The third kappa shape index (κ3) is 3.31. The summed E-state index contributed by atoms with van der Waals surface area (Å²) in [6.07, 6.45) is 9.21. The summed E-state index contributed by atoms with van der Waals surface area (Å²) in [5.41, 5.74) is 2.70. The second-order valence-electron chi connectivity index (χ2n) is 6.62. The maximum absolute atomic E-state index is 6.13. The van der Waals surface area contributed by atoms with Crippen molar-refractivity contribution in [3.63, 3.8) is 0 Å². The zero-order chi connectivity index (χ0) is 17.3. The van der Waals surface area contributed by atoms with Crippen molar-refractivity contribution in [1.82, 2.24) is 15.5 Å². The number of hydrogen-bond donors (Lipinski definition) is 2. The van der Waals surface area contributed by atoms with Crippen LogP contribution in [0.25, 0.3) is 0 Å². The Hall–Kier alpha value is -1.85. The molecule has 0 amide bonds. The molecule has 0 radical (unpaired) electrons. The van der Waals surface area contributed by atoms with E-state index in [1.54, 1.807) is 12.4 Å². The summed E-state index contributed by atoms with van der Waals surface area (Å²) in [4.78, 5) is 4.86. The molecule has 2 aromatic rings. The Balaban J connectivity index is 1.62. The van der Waals surface area contributed by atoms with Gasteiger partial charge in [0, 0.05) is 6.54 Å². The van der Waals surface area contributed by atoms with Crippen molar-refractivity contribution >= 4 is 40.4 Å². The van der Waals surface area contributed by atoms with E-state index in [2.05, 4.69) is 20.8 Å². The average molecular weight is 376 g/mol. The second-order valence-corrected chi connectivity index (χ2v) is 7.43. The number of aromatic nitrogens is 2. The second kappa shape index (κ2) is 6.81. The van der Waals surface area contributed by atoms with Gasteiger partial charge in [-0.25, -0.2) is 4.99 Å². The highest BCUT2D eigenvalue weighted by atomic mass is 35.5. The summed E-state index contributed by atoms with van der Waals surface area (Å²) < 4.78 is 0. The number of nitrogens with one attached hydrogen (secondary N) is 2. The van der Waals surface area contributed by atoms with Gasteiger partial charge in [0.2, 0.25) is 0 Å². The number of rotatable bonds is 2. The quantitative estimate of drug-likeness (QED) is 0.795. The minimum atomic E-state index is -0.148.